The van der Waals surface area contributed by atoms with E-state index in [4.69, 9.17) is 5.73 Å². The summed E-state index contributed by atoms with van der Waals surface area (Å²) in [5.41, 5.74) is 6.41. The molecule has 4 heteroatoms. The number of halogens is 2. The molecule has 1 aromatic rings. The third-order valence-corrected chi connectivity index (χ3v) is 3.37. The Morgan fingerprint density at radius 1 is 1.24 bits per heavy atom. The molecule has 1 aliphatic rings. The van der Waals surface area contributed by atoms with Crippen LogP contribution in [0.1, 0.15) is 37.3 Å². The lowest BCUT2D eigenvalue weighted by Gasteiger charge is -2.22. The number of nitrogens with two attached hydrogens (primary N) is 1. The van der Waals surface area contributed by atoms with E-state index in [-0.39, 0.29) is 6.04 Å². The zero-order valence-corrected chi connectivity index (χ0v) is 9.76. The largest absolute Gasteiger partial charge is 0.329 e. The fraction of sp³-hybridized carbons (Fsp3) is 0.538. The van der Waals surface area contributed by atoms with E-state index in [1.165, 1.54) is 18.9 Å². The normalized spacial score (nSPS) is 18.5. The Morgan fingerprint density at radius 3 is 2.53 bits per heavy atom. The van der Waals surface area contributed by atoms with Crippen LogP contribution in [0.25, 0.3) is 0 Å². The number of nitrogens with one attached hydrogen (secondary N) is 1. The van der Waals surface area contributed by atoms with Crippen molar-refractivity contribution < 1.29 is 8.78 Å². The molecule has 2 rings (SSSR count). The Morgan fingerprint density at radius 2 is 1.94 bits per heavy atom. The van der Waals surface area contributed by atoms with E-state index in [0.717, 1.165) is 24.5 Å². The maximum absolute atomic E-state index is 13.1. The first-order chi connectivity index (χ1) is 8.20. The van der Waals surface area contributed by atoms with Gasteiger partial charge in [-0.3, -0.25) is 0 Å². The van der Waals surface area contributed by atoms with Gasteiger partial charge >= 0.3 is 0 Å². The van der Waals surface area contributed by atoms with Crippen molar-refractivity contribution >= 4 is 0 Å². The predicted molar refractivity (Wildman–Crippen MR) is 63.5 cm³/mol. The SMILES string of the molecule is NCC(NC1CCCC1)c1ccc(F)c(F)c1. The van der Waals surface area contributed by atoms with Crippen molar-refractivity contribution in [1.29, 1.82) is 0 Å². The lowest BCUT2D eigenvalue weighted by molar-refractivity contribution is 0.440. The monoisotopic (exact) mass is 240 g/mol. The molecule has 1 fully saturated rings. The molecule has 1 aliphatic carbocycles. The highest BCUT2D eigenvalue weighted by molar-refractivity contribution is 5.21. The Bertz CT molecular complexity index is 376. The van der Waals surface area contributed by atoms with Gasteiger partial charge in [0.25, 0.3) is 0 Å². The van der Waals surface area contributed by atoms with Crippen molar-refractivity contribution in [1.82, 2.24) is 5.32 Å². The number of benzene rings is 1. The van der Waals surface area contributed by atoms with E-state index in [1.807, 2.05) is 0 Å². The molecule has 0 saturated heterocycles. The third kappa shape index (κ3) is 3.01. The van der Waals surface area contributed by atoms with Crippen LogP contribution in [0.2, 0.25) is 0 Å². The van der Waals surface area contributed by atoms with Crippen LogP contribution in [0.3, 0.4) is 0 Å². The van der Waals surface area contributed by atoms with Crippen LogP contribution in [-0.2, 0) is 0 Å². The fourth-order valence-electron chi connectivity index (χ4n) is 2.41. The van der Waals surface area contributed by atoms with Gasteiger partial charge in [0.05, 0.1) is 0 Å². The van der Waals surface area contributed by atoms with Crippen LogP contribution in [0.4, 0.5) is 8.78 Å². The lowest BCUT2D eigenvalue weighted by atomic mass is 10.1. The zero-order chi connectivity index (χ0) is 12.3. The molecular weight excluding hydrogens is 222 g/mol. The molecule has 0 aliphatic heterocycles. The van der Waals surface area contributed by atoms with Crippen molar-refractivity contribution in [2.75, 3.05) is 6.54 Å². The van der Waals surface area contributed by atoms with Crippen molar-refractivity contribution in [3.63, 3.8) is 0 Å². The molecule has 0 aromatic heterocycles. The second-order valence-electron chi connectivity index (χ2n) is 4.61. The fourth-order valence-corrected chi connectivity index (χ4v) is 2.41. The summed E-state index contributed by atoms with van der Waals surface area (Å²) in [7, 11) is 0. The molecule has 94 valence electrons. The summed E-state index contributed by atoms with van der Waals surface area (Å²) in [5.74, 6) is -1.63. The zero-order valence-electron chi connectivity index (χ0n) is 9.76. The van der Waals surface area contributed by atoms with Crippen LogP contribution in [0.15, 0.2) is 18.2 Å². The quantitative estimate of drug-likeness (QED) is 0.848. The summed E-state index contributed by atoms with van der Waals surface area (Å²) in [6.45, 7) is 0.390. The third-order valence-electron chi connectivity index (χ3n) is 3.37. The molecule has 0 amide bonds. The Kier molecular flexibility index (Phi) is 4.07. The van der Waals surface area contributed by atoms with Crippen LogP contribution in [0.5, 0.6) is 0 Å². The van der Waals surface area contributed by atoms with Crippen LogP contribution < -0.4 is 11.1 Å². The minimum Gasteiger partial charge on any atom is -0.329 e. The summed E-state index contributed by atoms with van der Waals surface area (Å²) < 4.78 is 26.0. The second kappa shape index (κ2) is 5.56. The van der Waals surface area contributed by atoms with E-state index < -0.39 is 11.6 Å². The summed E-state index contributed by atoms with van der Waals surface area (Å²) in [6.07, 6.45) is 4.74. The average Bonchev–Trinajstić information content (AvgIpc) is 2.82. The number of rotatable bonds is 4. The van der Waals surface area contributed by atoms with Gasteiger partial charge in [0.2, 0.25) is 0 Å². The number of hydrogen-bond donors (Lipinski definition) is 2. The van der Waals surface area contributed by atoms with Gasteiger partial charge in [-0.05, 0) is 30.5 Å². The molecular formula is C13H18F2N2. The average molecular weight is 240 g/mol. The van der Waals surface area contributed by atoms with Crippen molar-refractivity contribution in [3.8, 4) is 0 Å². The Labute approximate surface area is 100 Å². The van der Waals surface area contributed by atoms with Crippen LogP contribution in [0, 0.1) is 11.6 Å². The Balaban J connectivity index is 2.08. The number of hydrogen-bond acceptors (Lipinski definition) is 2. The molecule has 1 saturated carbocycles. The van der Waals surface area contributed by atoms with Crippen molar-refractivity contribution in [3.05, 3.63) is 35.4 Å². The highest BCUT2D eigenvalue weighted by Gasteiger charge is 2.20. The summed E-state index contributed by atoms with van der Waals surface area (Å²) >= 11 is 0. The highest BCUT2D eigenvalue weighted by atomic mass is 19.2. The second-order valence-corrected chi connectivity index (χ2v) is 4.61. The standard InChI is InChI=1S/C13H18F2N2/c14-11-6-5-9(7-12(11)15)13(8-16)17-10-3-1-2-4-10/h5-7,10,13,17H,1-4,8,16H2. The minimum atomic E-state index is -0.814. The highest BCUT2D eigenvalue weighted by Crippen LogP contribution is 2.22. The van der Waals surface area contributed by atoms with Gasteiger partial charge in [0.15, 0.2) is 11.6 Å². The maximum Gasteiger partial charge on any atom is 0.159 e. The van der Waals surface area contributed by atoms with E-state index >= 15 is 0 Å². The van der Waals surface area contributed by atoms with Gasteiger partial charge in [-0.15, -0.1) is 0 Å². The first-order valence-electron chi connectivity index (χ1n) is 6.12. The predicted octanol–water partition coefficient (Wildman–Crippen LogP) is 2.50. The smallest absolute Gasteiger partial charge is 0.159 e. The molecule has 0 bridgehead atoms. The van der Waals surface area contributed by atoms with Crippen molar-refractivity contribution in [2.24, 2.45) is 5.73 Å². The molecule has 0 radical (unpaired) electrons. The molecule has 0 heterocycles. The van der Waals surface area contributed by atoms with Gasteiger partial charge in [0.1, 0.15) is 0 Å². The van der Waals surface area contributed by atoms with E-state index in [9.17, 15) is 8.78 Å². The van der Waals surface area contributed by atoms with E-state index in [0.29, 0.717) is 12.6 Å². The Hall–Kier alpha value is -1.00. The summed E-state index contributed by atoms with van der Waals surface area (Å²) in [5, 5.41) is 3.41. The minimum absolute atomic E-state index is 0.0896. The maximum atomic E-state index is 13.1. The van der Waals surface area contributed by atoms with E-state index in [1.54, 1.807) is 6.07 Å². The van der Waals surface area contributed by atoms with Crippen LogP contribution in [-0.4, -0.2) is 12.6 Å². The molecule has 1 unspecified atom stereocenters. The summed E-state index contributed by atoms with van der Waals surface area (Å²) in [4.78, 5) is 0. The van der Waals surface area contributed by atoms with Crippen LogP contribution >= 0.6 is 0 Å². The first kappa shape index (κ1) is 12.5. The van der Waals surface area contributed by atoms with E-state index in [2.05, 4.69) is 5.32 Å². The van der Waals surface area contributed by atoms with Crippen molar-refractivity contribution in [2.45, 2.75) is 37.8 Å². The molecule has 17 heavy (non-hydrogen) atoms. The molecule has 1 atom stereocenters. The topological polar surface area (TPSA) is 38.0 Å². The molecule has 2 nitrogen and oxygen atoms in total. The van der Waals surface area contributed by atoms with Gasteiger partial charge < -0.3 is 11.1 Å². The molecule has 0 spiro atoms. The summed E-state index contributed by atoms with van der Waals surface area (Å²) in [6, 6.07) is 4.35. The first-order valence-corrected chi connectivity index (χ1v) is 6.12. The van der Waals surface area contributed by atoms with Gasteiger partial charge in [-0.25, -0.2) is 8.78 Å². The lowest BCUT2D eigenvalue weighted by Crippen LogP contribution is -2.35. The van der Waals surface area contributed by atoms with Gasteiger partial charge in [0, 0.05) is 18.6 Å². The molecule has 3 N–H and O–H groups in total. The van der Waals surface area contributed by atoms with Gasteiger partial charge in [-0.2, -0.15) is 0 Å². The molecule has 1 aromatic carbocycles. The van der Waals surface area contributed by atoms with Gasteiger partial charge in [-0.1, -0.05) is 18.9 Å².